The highest BCUT2D eigenvalue weighted by atomic mass is 16.4. The van der Waals surface area contributed by atoms with Crippen LogP contribution in [0.15, 0.2) is 41.8 Å². The zero-order valence-corrected chi connectivity index (χ0v) is 11.8. The van der Waals surface area contributed by atoms with Crippen LogP contribution in [0.5, 0.6) is 0 Å². The number of aromatic nitrogens is 2. The molecule has 0 aliphatic rings. The van der Waals surface area contributed by atoms with E-state index in [-0.39, 0.29) is 17.8 Å². The van der Waals surface area contributed by atoms with Crippen LogP contribution in [-0.4, -0.2) is 26.7 Å². The molecule has 0 saturated carbocycles. The molecule has 1 aromatic heterocycles. The first-order chi connectivity index (χ1) is 10.0. The molecule has 0 unspecified atom stereocenters. The van der Waals surface area contributed by atoms with Crippen molar-refractivity contribution in [3.63, 3.8) is 0 Å². The molecule has 1 heterocycles. The molecule has 0 spiro atoms. The van der Waals surface area contributed by atoms with Gasteiger partial charge in [0.15, 0.2) is 5.84 Å². The van der Waals surface area contributed by atoms with Crippen LogP contribution in [0, 0.1) is 0 Å². The highest BCUT2D eigenvalue weighted by Gasteiger charge is 2.09. The minimum absolute atomic E-state index is 0.000156. The maximum absolute atomic E-state index is 12.1. The molecule has 21 heavy (non-hydrogen) atoms. The number of anilines is 1. The summed E-state index contributed by atoms with van der Waals surface area (Å²) in [5.74, 6) is -0.246. The molecule has 0 saturated heterocycles. The minimum Gasteiger partial charge on any atom is -0.409 e. The SMILES string of the molecule is CC(C)n1cc(NC(=O)c2ccc(C(N)=NO)cc2)cn1. The van der Waals surface area contributed by atoms with Crippen LogP contribution < -0.4 is 11.1 Å². The predicted molar refractivity (Wildman–Crippen MR) is 79.5 cm³/mol. The highest BCUT2D eigenvalue weighted by Crippen LogP contribution is 2.12. The number of amidine groups is 1. The quantitative estimate of drug-likeness (QED) is 0.345. The second kappa shape index (κ2) is 6.08. The van der Waals surface area contributed by atoms with Crippen LogP contribution in [0.4, 0.5) is 5.69 Å². The lowest BCUT2D eigenvalue weighted by Crippen LogP contribution is -2.15. The summed E-state index contributed by atoms with van der Waals surface area (Å²) in [5.41, 5.74) is 7.11. The molecule has 7 heteroatoms. The van der Waals surface area contributed by atoms with Gasteiger partial charge in [0.2, 0.25) is 0 Å². The Morgan fingerprint density at radius 3 is 2.48 bits per heavy atom. The van der Waals surface area contributed by atoms with Crippen LogP contribution >= 0.6 is 0 Å². The number of amides is 1. The first-order valence-corrected chi connectivity index (χ1v) is 6.44. The summed E-state index contributed by atoms with van der Waals surface area (Å²) in [7, 11) is 0. The normalized spacial score (nSPS) is 11.7. The lowest BCUT2D eigenvalue weighted by molar-refractivity contribution is 0.102. The van der Waals surface area contributed by atoms with Crippen LogP contribution in [0.25, 0.3) is 0 Å². The molecule has 2 rings (SSSR count). The molecule has 0 aliphatic heterocycles. The Hall–Kier alpha value is -2.83. The van der Waals surface area contributed by atoms with E-state index in [1.807, 2.05) is 13.8 Å². The molecule has 7 nitrogen and oxygen atoms in total. The van der Waals surface area contributed by atoms with E-state index in [1.54, 1.807) is 41.3 Å². The second-order valence-electron chi connectivity index (χ2n) is 4.82. The monoisotopic (exact) mass is 287 g/mol. The molecular weight excluding hydrogens is 270 g/mol. The van der Waals surface area contributed by atoms with E-state index in [4.69, 9.17) is 10.9 Å². The van der Waals surface area contributed by atoms with Crippen molar-refractivity contribution in [1.29, 1.82) is 0 Å². The third kappa shape index (κ3) is 3.38. The van der Waals surface area contributed by atoms with Gasteiger partial charge in [-0.1, -0.05) is 17.3 Å². The zero-order valence-electron chi connectivity index (χ0n) is 11.8. The predicted octanol–water partition coefficient (Wildman–Crippen LogP) is 1.81. The van der Waals surface area contributed by atoms with E-state index >= 15 is 0 Å². The van der Waals surface area contributed by atoms with Crippen molar-refractivity contribution in [3.05, 3.63) is 47.8 Å². The van der Waals surface area contributed by atoms with Gasteiger partial charge in [-0.3, -0.25) is 9.48 Å². The van der Waals surface area contributed by atoms with Gasteiger partial charge < -0.3 is 16.3 Å². The van der Waals surface area contributed by atoms with E-state index in [0.29, 0.717) is 16.8 Å². The Kier molecular flexibility index (Phi) is 4.22. The molecule has 0 bridgehead atoms. The van der Waals surface area contributed by atoms with Crippen LogP contribution in [-0.2, 0) is 0 Å². The van der Waals surface area contributed by atoms with E-state index in [0.717, 1.165) is 0 Å². The number of nitrogens with one attached hydrogen (secondary N) is 1. The summed E-state index contributed by atoms with van der Waals surface area (Å²) in [4.78, 5) is 12.1. The van der Waals surface area contributed by atoms with Crippen LogP contribution in [0.3, 0.4) is 0 Å². The van der Waals surface area contributed by atoms with E-state index in [1.165, 1.54) is 0 Å². The van der Waals surface area contributed by atoms with Crippen molar-refractivity contribution in [2.75, 3.05) is 5.32 Å². The number of oxime groups is 1. The molecule has 110 valence electrons. The maximum Gasteiger partial charge on any atom is 0.255 e. The van der Waals surface area contributed by atoms with Crippen molar-refractivity contribution in [1.82, 2.24) is 9.78 Å². The fourth-order valence-corrected chi connectivity index (χ4v) is 1.74. The first-order valence-electron chi connectivity index (χ1n) is 6.44. The fourth-order valence-electron chi connectivity index (χ4n) is 1.74. The summed E-state index contributed by atoms with van der Waals surface area (Å²) in [6.07, 6.45) is 3.37. The lowest BCUT2D eigenvalue weighted by Gasteiger charge is -2.05. The van der Waals surface area contributed by atoms with E-state index < -0.39 is 0 Å². The lowest BCUT2D eigenvalue weighted by atomic mass is 10.1. The topological polar surface area (TPSA) is 106 Å². The third-order valence-corrected chi connectivity index (χ3v) is 2.94. The first kappa shape index (κ1) is 14.6. The van der Waals surface area contributed by atoms with Gasteiger partial charge >= 0.3 is 0 Å². The molecule has 1 aromatic carbocycles. The summed E-state index contributed by atoms with van der Waals surface area (Å²) >= 11 is 0. The number of nitrogens with two attached hydrogens (primary N) is 1. The standard InChI is InChI=1S/C14H17N5O2/c1-9(2)19-8-12(7-16-19)17-14(20)11-5-3-10(4-6-11)13(15)18-21/h3-9,21H,1-2H3,(H2,15,18)(H,17,20). The molecule has 0 aliphatic carbocycles. The largest absolute Gasteiger partial charge is 0.409 e. The summed E-state index contributed by atoms with van der Waals surface area (Å²) in [5, 5.41) is 18.4. The molecule has 0 atom stereocenters. The maximum atomic E-state index is 12.1. The third-order valence-electron chi connectivity index (χ3n) is 2.94. The van der Waals surface area contributed by atoms with Gasteiger partial charge in [-0.2, -0.15) is 5.10 Å². The number of hydrogen-bond donors (Lipinski definition) is 3. The van der Waals surface area contributed by atoms with Crippen molar-refractivity contribution < 1.29 is 10.0 Å². The Labute approximate surface area is 122 Å². The Bertz CT molecular complexity index is 658. The van der Waals surface area contributed by atoms with Gasteiger partial charge in [-0.25, -0.2) is 0 Å². The average molecular weight is 287 g/mol. The van der Waals surface area contributed by atoms with Crippen molar-refractivity contribution >= 4 is 17.4 Å². The van der Waals surface area contributed by atoms with E-state index in [9.17, 15) is 4.79 Å². The summed E-state index contributed by atoms with van der Waals surface area (Å²) < 4.78 is 1.76. The average Bonchev–Trinajstić information content (AvgIpc) is 2.95. The van der Waals surface area contributed by atoms with Gasteiger partial charge in [0.1, 0.15) is 0 Å². The number of hydrogen-bond acceptors (Lipinski definition) is 4. The van der Waals surface area contributed by atoms with Gasteiger partial charge in [0.25, 0.3) is 5.91 Å². The van der Waals surface area contributed by atoms with Gasteiger partial charge in [0, 0.05) is 23.4 Å². The van der Waals surface area contributed by atoms with Gasteiger partial charge in [-0.15, -0.1) is 0 Å². The Morgan fingerprint density at radius 1 is 1.33 bits per heavy atom. The summed E-state index contributed by atoms with van der Waals surface area (Å²) in [6, 6.07) is 6.67. The van der Waals surface area contributed by atoms with Crippen LogP contribution in [0.1, 0.15) is 35.8 Å². The highest BCUT2D eigenvalue weighted by molar-refractivity contribution is 6.05. The van der Waals surface area contributed by atoms with Crippen LogP contribution in [0.2, 0.25) is 0 Å². The van der Waals surface area contributed by atoms with Gasteiger partial charge in [0.05, 0.1) is 11.9 Å². The van der Waals surface area contributed by atoms with Gasteiger partial charge in [-0.05, 0) is 26.0 Å². The van der Waals surface area contributed by atoms with Crippen molar-refractivity contribution in [3.8, 4) is 0 Å². The fraction of sp³-hybridized carbons (Fsp3) is 0.214. The molecule has 2 aromatic rings. The van der Waals surface area contributed by atoms with Crippen molar-refractivity contribution in [2.24, 2.45) is 10.9 Å². The Morgan fingerprint density at radius 2 is 1.95 bits per heavy atom. The minimum atomic E-state index is -0.246. The Balaban J connectivity index is 2.09. The molecule has 1 amide bonds. The molecule has 0 fully saturated rings. The number of rotatable bonds is 4. The van der Waals surface area contributed by atoms with E-state index in [2.05, 4.69) is 15.6 Å². The molecule has 4 N–H and O–H groups in total. The molecular formula is C14H17N5O2. The zero-order chi connectivity index (χ0) is 15.4. The van der Waals surface area contributed by atoms with Crippen molar-refractivity contribution in [2.45, 2.75) is 19.9 Å². The number of carbonyl (C=O) groups is 1. The number of nitrogens with zero attached hydrogens (tertiary/aromatic N) is 3. The molecule has 0 radical (unpaired) electrons. The smallest absolute Gasteiger partial charge is 0.255 e. The number of benzene rings is 1. The number of carbonyl (C=O) groups excluding carboxylic acids is 1. The second-order valence-corrected chi connectivity index (χ2v) is 4.82. The summed E-state index contributed by atoms with van der Waals surface area (Å²) in [6.45, 7) is 4.01.